The topological polar surface area (TPSA) is 106 Å². The Labute approximate surface area is 178 Å². The van der Waals surface area contributed by atoms with Crippen molar-refractivity contribution in [3.8, 4) is 0 Å². The van der Waals surface area contributed by atoms with Crippen LogP contribution in [0.15, 0.2) is 29.2 Å². The lowest BCUT2D eigenvalue weighted by molar-refractivity contribution is -0.176. The average molecular weight is 444 g/mol. The molecular weight excluding hydrogens is 421 g/mol. The SMILES string of the molecule is CN(OC(C)(C)C)C(=O)Nc1ccc(SCc2nc(N)cc(N)c2Cl)cc1Cl. The van der Waals surface area contributed by atoms with Crippen molar-refractivity contribution >= 4 is 58.2 Å². The number of amides is 2. The number of hydroxylamine groups is 2. The van der Waals surface area contributed by atoms with Crippen molar-refractivity contribution in [2.75, 3.05) is 23.8 Å². The molecule has 10 heteroatoms. The molecule has 1 heterocycles. The van der Waals surface area contributed by atoms with E-state index in [2.05, 4.69) is 10.3 Å². The van der Waals surface area contributed by atoms with Crippen LogP contribution in [0.4, 0.5) is 22.0 Å². The van der Waals surface area contributed by atoms with Crippen LogP contribution < -0.4 is 16.8 Å². The van der Waals surface area contributed by atoms with E-state index in [4.69, 9.17) is 39.5 Å². The molecule has 0 aliphatic rings. The zero-order valence-corrected chi connectivity index (χ0v) is 18.4. The van der Waals surface area contributed by atoms with E-state index < -0.39 is 11.6 Å². The highest BCUT2D eigenvalue weighted by Gasteiger charge is 2.19. The molecule has 152 valence electrons. The predicted octanol–water partition coefficient (Wildman–Crippen LogP) is 5.04. The third kappa shape index (κ3) is 6.34. The van der Waals surface area contributed by atoms with Gasteiger partial charge in [0.2, 0.25) is 0 Å². The summed E-state index contributed by atoms with van der Waals surface area (Å²) < 4.78 is 0. The highest BCUT2D eigenvalue weighted by molar-refractivity contribution is 7.98. The summed E-state index contributed by atoms with van der Waals surface area (Å²) in [4.78, 5) is 22.8. The Morgan fingerprint density at radius 2 is 1.96 bits per heavy atom. The van der Waals surface area contributed by atoms with E-state index in [0.29, 0.717) is 38.7 Å². The smallest absolute Gasteiger partial charge is 0.345 e. The lowest BCUT2D eigenvalue weighted by atomic mass is 10.2. The van der Waals surface area contributed by atoms with Crippen LogP contribution in [-0.2, 0) is 10.6 Å². The number of nitrogens with zero attached hydrogens (tertiary/aromatic N) is 2. The summed E-state index contributed by atoms with van der Waals surface area (Å²) in [5.41, 5.74) is 12.5. The Bertz CT molecular complexity index is 874. The molecule has 0 unspecified atom stereocenters. The zero-order chi connectivity index (χ0) is 21.1. The number of urea groups is 1. The number of anilines is 3. The van der Waals surface area contributed by atoms with Gasteiger partial charge in [-0.15, -0.1) is 11.8 Å². The highest BCUT2D eigenvalue weighted by Crippen LogP contribution is 2.33. The van der Waals surface area contributed by atoms with Crippen LogP contribution in [0, 0.1) is 0 Å². The molecule has 0 bridgehead atoms. The molecule has 2 rings (SSSR count). The molecule has 1 aromatic carbocycles. The van der Waals surface area contributed by atoms with Gasteiger partial charge >= 0.3 is 6.03 Å². The maximum absolute atomic E-state index is 12.2. The molecule has 7 nitrogen and oxygen atoms in total. The number of thioether (sulfide) groups is 1. The Kier molecular flexibility index (Phi) is 7.28. The van der Waals surface area contributed by atoms with Gasteiger partial charge in [-0.3, -0.25) is 4.84 Å². The Morgan fingerprint density at radius 3 is 2.57 bits per heavy atom. The highest BCUT2D eigenvalue weighted by atomic mass is 35.5. The van der Waals surface area contributed by atoms with E-state index >= 15 is 0 Å². The summed E-state index contributed by atoms with van der Waals surface area (Å²) in [6, 6.07) is 6.39. The number of hydrogen-bond donors (Lipinski definition) is 3. The fourth-order valence-electron chi connectivity index (χ4n) is 2.21. The number of carbonyl (C=O) groups excluding carboxylic acids is 1. The summed E-state index contributed by atoms with van der Waals surface area (Å²) >= 11 is 14.0. The molecule has 2 aromatic rings. The fraction of sp³-hybridized carbons (Fsp3) is 0.333. The number of hydrogen-bond acceptors (Lipinski definition) is 6. The van der Waals surface area contributed by atoms with Crippen molar-refractivity contribution in [3.05, 3.63) is 40.0 Å². The van der Waals surface area contributed by atoms with Gasteiger partial charge in [0.05, 0.1) is 32.7 Å². The minimum atomic E-state index is -0.490. The third-order valence-corrected chi connectivity index (χ3v) is 5.08. The van der Waals surface area contributed by atoms with Crippen molar-refractivity contribution in [1.29, 1.82) is 0 Å². The largest absolute Gasteiger partial charge is 0.397 e. The minimum Gasteiger partial charge on any atom is -0.397 e. The normalized spacial score (nSPS) is 11.4. The summed E-state index contributed by atoms with van der Waals surface area (Å²) in [5, 5.41) is 4.63. The van der Waals surface area contributed by atoms with Crippen LogP contribution >= 0.6 is 35.0 Å². The van der Waals surface area contributed by atoms with E-state index in [9.17, 15) is 4.79 Å². The van der Waals surface area contributed by atoms with Crippen molar-refractivity contribution in [2.24, 2.45) is 0 Å². The standard InChI is InChI=1S/C18H23Cl2N5O2S/c1-18(2,3)27-25(4)17(26)24-13-6-5-10(7-11(13)19)28-9-14-16(20)12(21)8-15(22)23-14/h5-8H,9H2,1-4H3,(H,24,26)(H4,21,22,23). The molecular formula is C18H23Cl2N5O2S. The first-order chi connectivity index (χ1) is 13.0. The van der Waals surface area contributed by atoms with Crippen molar-refractivity contribution in [1.82, 2.24) is 10.0 Å². The number of rotatable bonds is 5. The number of nitrogens with one attached hydrogen (secondary N) is 1. The number of carbonyl (C=O) groups is 1. The number of halogens is 2. The summed E-state index contributed by atoms with van der Waals surface area (Å²) in [6.07, 6.45) is 0. The van der Waals surface area contributed by atoms with Gasteiger partial charge in [-0.1, -0.05) is 23.2 Å². The van der Waals surface area contributed by atoms with E-state index in [-0.39, 0.29) is 0 Å². The number of benzene rings is 1. The number of nitrogens with two attached hydrogens (primary N) is 2. The van der Waals surface area contributed by atoms with Crippen molar-refractivity contribution in [2.45, 2.75) is 37.0 Å². The second kappa shape index (κ2) is 9.09. The molecule has 5 N–H and O–H groups in total. The Hall–Kier alpha value is -1.87. The van der Waals surface area contributed by atoms with Gasteiger partial charge in [0.15, 0.2) is 0 Å². The van der Waals surface area contributed by atoms with Gasteiger partial charge in [0, 0.05) is 23.8 Å². The van der Waals surface area contributed by atoms with E-state index in [1.54, 1.807) is 12.1 Å². The Balaban J connectivity index is 2.03. The molecule has 0 atom stereocenters. The molecule has 28 heavy (non-hydrogen) atoms. The first kappa shape index (κ1) is 22.4. The van der Waals surface area contributed by atoms with Crippen LogP contribution in [0.3, 0.4) is 0 Å². The van der Waals surface area contributed by atoms with Crippen molar-refractivity contribution in [3.63, 3.8) is 0 Å². The van der Waals surface area contributed by atoms with Gasteiger partial charge < -0.3 is 16.8 Å². The summed E-state index contributed by atoms with van der Waals surface area (Å²) in [6.45, 7) is 5.56. The van der Waals surface area contributed by atoms with Gasteiger partial charge in [0.25, 0.3) is 0 Å². The fourth-order valence-corrected chi connectivity index (χ4v) is 3.62. The molecule has 0 saturated carbocycles. The van der Waals surface area contributed by atoms with Crippen LogP contribution in [0.5, 0.6) is 0 Å². The first-order valence-corrected chi connectivity index (χ1v) is 10.1. The second-order valence-electron chi connectivity index (χ2n) is 6.96. The molecule has 2 amide bonds. The first-order valence-electron chi connectivity index (χ1n) is 8.33. The summed E-state index contributed by atoms with van der Waals surface area (Å²) in [5.74, 6) is 0.785. The van der Waals surface area contributed by atoms with Crippen molar-refractivity contribution < 1.29 is 9.63 Å². The molecule has 1 aromatic heterocycles. The van der Waals surface area contributed by atoms with Crippen LogP contribution in [0.2, 0.25) is 10.0 Å². The van der Waals surface area contributed by atoms with Crippen LogP contribution in [0.25, 0.3) is 0 Å². The number of nitrogen functional groups attached to an aromatic ring is 2. The molecule has 0 aliphatic carbocycles. The maximum atomic E-state index is 12.2. The Morgan fingerprint density at radius 1 is 1.29 bits per heavy atom. The maximum Gasteiger partial charge on any atom is 0.345 e. The van der Waals surface area contributed by atoms with Gasteiger partial charge in [-0.25, -0.2) is 14.8 Å². The van der Waals surface area contributed by atoms with Crippen LogP contribution in [-0.4, -0.2) is 28.7 Å². The van der Waals surface area contributed by atoms with E-state index in [1.165, 1.54) is 24.9 Å². The monoisotopic (exact) mass is 443 g/mol. The second-order valence-corrected chi connectivity index (χ2v) is 8.79. The zero-order valence-electron chi connectivity index (χ0n) is 16.0. The van der Waals surface area contributed by atoms with Gasteiger partial charge in [-0.2, -0.15) is 0 Å². The van der Waals surface area contributed by atoms with Gasteiger partial charge in [0.1, 0.15) is 5.82 Å². The average Bonchev–Trinajstić information content (AvgIpc) is 2.57. The lowest BCUT2D eigenvalue weighted by Crippen LogP contribution is -2.38. The molecule has 0 saturated heterocycles. The molecule has 0 aliphatic heterocycles. The summed E-state index contributed by atoms with van der Waals surface area (Å²) in [7, 11) is 1.53. The minimum absolute atomic E-state index is 0.315. The van der Waals surface area contributed by atoms with Gasteiger partial charge in [-0.05, 0) is 39.0 Å². The molecule has 0 spiro atoms. The van der Waals surface area contributed by atoms with E-state index in [0.717, 1.165) is 9.96 Å². The molecule has 0 fully saturated rings. The number of aromatic nitrogens is 1. The lowest BCUT2D eigenvalue weighted by Gasteiger charge is -2.26. The molecule has 0 radical (unpaired) electrons. The van der Waals surface area contributed by atoms with E-state index in [1.807, 2.05) is 26.8 Å². The van der Waals surface area contributed by atoms with Crippen LogP contribution in [0.1, 0.15) is 26.5 Å². The third-order valence-electron chi connectivity index (χ3n) is 3.33. The number of pyridine rings is 1. The predicted molar refractivity (Wildman–Crippen MR) is 117 cm³/mol. The quantitative estimate of drug-likeness (QED) is 0.441.